The number of hydrogen-bond acceptors (Lipinski definition) is 2. The molecule has 0 atom stereocenters. The van der Waals surface area contributed by atoms with E-state index in [2.05, 4.69) is 9.97 Å². The summed E-state index contributed by atoms with van der Waals surface area (Å²) in [5.74, 6) is -0.598. The Kier molecular flexibility index (Phi) is 2.92. The maximum Gasteiger partial charge on any atom is 0.328 e. The van der Waals surface area contributed by atoms with Gasteiger partial charge >= 0.3 is 5.97 Å². The van der Waals surface area contributed by atoms with E-state index in [0.29, 0.717) is 5.88 Å². The normalized spacial score (nSPS) is 11.3. The number of H-pyrrole nitrogens is 1. The zero-order valence-electron chi connectivity index (χ0n) is 8.27. The minimum atomic E-state index is -0.978. The van der Waals surface area contributed by atoms with Crippen LogP contribution in [-0.2, 0) is 10.7 Å². The number of nitrogens with one attached hydrogen (secondary N) is 1. The van der Waals surface area contributed by atoms with Crippen LogP contribution in [-0.4, -0.2) is 21.0 Å². The van der Waals surface area contributed by atoms with Crippen molar-refractivity contribution in [3.63, 3.8) is 0 Å². The third-order valence-corrected chi connectivity index (χ3v) is 2.53. The van der Waals surface area contributed by atoms with Gasteiger partial charge in [0.2, 0.25) is 0 Å². The highest BCUT2D eigenvalue weighted by molar-refractivity contribution is 6.18. The van der Waals surface area contributed by atoms with E-state index in [1.807, 2.05) is 12.1 Å². The number of halogens is 1. The van der Waals surface area contributed by atoms with E-state index in [0.717, 1.165) is 28.2 Å². The van der Waals surface area contributed by atoms with E-state index < -0.39 is 5.97 Å². The summed E-state index contributed by atoms with van der Waals surface area (Å²) in [6.07, 6.45) is 4.19. The fourth-order valence-electron chi connectivity index (χ4n) is 1.52. The standard InChI is InChI=1S/C11H9ClN2O2/c12-5-8-2-1-7(3-4-9(15)16)10-11(8)14-6-13-10/h1-4,6H,5H2,(H,13,14)(H,15,16)/b4-3+. The highest BCUT2D eigenvalue weighted by Crippen LogP contribution is 2.21. The molecule has 0 aliphatic heterocycles. The Morgan fingerprint density at radius 3 is 3.06 bits per heavy atom. The van der Waals surface area contributed by atoms with Gasteiger partial charge in [-0.3, -0.25) is 0 Å². The van der Waals surface area contributed by atoms with Gasteiger partial charge in [0.1, 0.15) is 0 Å². The molecule has 0 saturated carbocycles. The van der Waals surface area contributed by atoms with Crippen LogP contribution in [0.15, 0.2) is 24.5 Å². The van der Waals surface area contributed by atoms with Crippen LogP contribution in [0.1, 0.15) is 11.1 Å². The summed E-state index contributed by atoms with van der Waals surface area (Å²) in [4.78, 5) is 17.6. The Morgan fingerprint density at radius 1 is 1.56 bits per heavy atom. The minimum Gasteiger partial charge on any atom is -0.478 e. The van der Waals surface area contributed by atoms with Gasteiger partial charge in [-0.05, 0) is 11.6 Å². The molecule has 0 saturated heterocycles. The van der Waals surface area contributed by atoms with Crippen molar-refractivity contribution in [3.8, 4) is 0 Å². The Labute approximate surface area is 96.6 Å². The number of rotatable bonds is 3. The summed E-state index contributed by atoms with van der Waals surface area (Å²) < 4.78 is 0. The average molecular weight is 237 g/mol. The van der Waals surface area contributed by atoms with E-state index >= 15 is 0 Å². The molecule has 0 fully saturated rings. The molecule has 0 aliphatic rings. The number of imidazole rings is 1. The predicted molar refractivity (Wildman–Crippen MR) is 62.3 cm³/mol. The molecule has 0 unspecified atom stereocenters. The second-order valence-electron chi connectivity index (χ2n) is 3.25. The lowest BCUT2D eigenvalue weighted by atomic mass is 10.1. The fraction of sp³-hybridized carbons (Fsp3) is 0.0909. The maximum atomic E-state index is 10.4. The molecule has 0 radical (unpaired) electrons. The van der Waals surface area contributed by atoms with Crippen LogP contribution in [0.4, 0.5) is 0 Å². The summed E-state index contributed by atoms with van der Waals surface area (Å²) >= 11 is 5.78. The molecule has 0 aliphatic carbocycles. The number of alkyl halides is 1. The quantitative estimate of drug-likeness (QED) is 0.635. The van der Waals surface area contributed by atoms with Crippen LogP contribution < -0.4 is 0 Å². The Morgan fingerprint density at radius 2 is 2.38 bits per heavy atom. The highest BCUT2D eigenvalue weighted by atomic mass is 35.5. The van der Waals surface area contributed by atoms with Gasteiger partial charge in [-0.15, -0.1) is 11.6 Å². The second kappa shape index (κ2) is 4.37. The highest BCUT2D eigenvalue weighted by Gasteiger charge is 2.06. The first-order valence-corrected chi connectivity index (χ1v) is 5.17. The third-order valence-electron chi connectivity index (χ3n) is 2.25. The van der Waals surface area contributed by atoms with Gasteiger partial charge in [0, 0.05) is 17.5 Å². The summed E-state index contributed by atoms with van der Waals surface area (Å²) in [6.45, 7) is 0. The van der Waals surface area contributed by atoms with Crippen molar-refractivity contribution < 1.29 is 9.90 Å². The Bertz CT molecular complexity index is 560. The molecule has 5 heteroatoms. The minimum absolute atomic E-state index is 0.379. The number of nitrogens with zero attached hydrogens (tertiary/aromatic N) is 1. The molecule has 0 spiro atoms. The number of carboxylic acids is 1. The van der Waals surface area contributed by atoms with Gasteiger partial charge < -0.3 is 10.1 Å². The zero-order chi connectivity index (χ0) is 11.5. The number of benzene rings is 1. The first-order valence-electron chi connectivity index (χ1n) is 4.64. The summed E-state index contributed by atoms with van der Waals surface area (Å²) in [5, 5.41) is 8.56. The average Bonchev–Trinajstić information content (AvgIpc) is 2.74. The number of carbonyl (C=O) groups is 1. The molecular formula is C11H9ClN2O2. The first-order chi connectivity index (χ1) is 7.72. The molecule has 0 bridgehead atoms. The van der Waals surface area contributed by atoms with Gasteiger partial charge in [0.25, 0.3) is 0 Å². The number of aliphatic carboxylic acids is 1. The van der Waals surface area contributed by atoms with Crippen molar-refractivity contribution in [2.75, 3.05) is 0 Å². The van der Waals surface area contributed by atoms with Gasteiger partial charge in [-0.1, -0.05) is 12.1 Å². The van der Waals surface area contributed by atoms with Crippen LogP contribution in [0.2, 0.25) is 0 Å². The van der Waals surface area contributed by atoms with Crippen molar-refractivity contribution in [2.45, 2.75) is 5.88 Å². The van der Waals surface area contributed by atoms with Crippen molar-refractivity contribution in [2.24, 2.45) is 0 Å². The zero-order valence-corrected chi connectivity index (χ0v) is 9.03. The molecule has 16 heavy (non-hydrogen) atoms. The summed E-state index contributed by atoms with van der Waals surface area (Å²) in [5.41, 5.74) is 3.28. The number of aromatic amines is 1. The molecule has 2 rings (SSSR count). The lowest BCUT2D eigenvalue weighted by Gasteiger charge is -2.00. The van der Waals surface area contributed by atoms with Crippen LogP contribution in [0.5, 0.6) is 0 Å². The molecule has 2 aromatic rings. The van der Waals surface area contributed by atoms with Crippen LogP contribution >= 0.6 is 11.6 Å². The first kappa shape index (κ1) is 10.7. The Balaban J connectivity index is 2.55. The molecule has 0 amide bonds. The van der Waals surface area contributed by atoms with E-state index in [1.165, 1.54) is 6.08 Å². The number of hydrogen-bond donors (Lipinski definition) is 2. The fourth-order valence-corrected chi connectivity index (χ4v) is 1.73. The van der Waals surface area contributed by atoms with Crippen molar-refractivity contribution in [3.05, 3.63) is 35.7 Å². The van der Waals surface area contributed by atoms with Crippen molar-refractivity contribution in [1.29, 1.82) is 0 Å². The number of carboxylic acid groups (broad SMARTS) is 1. The largest absolute Gasteiger partial charge is 0.478 e. The Hall–Kier alpha value is -1.81. The van der Waals surface area contributed by atoms with Crippen LogP contribution in [0.25, 0.3) is 17.1 Å². The molecule has 2 N–H and O–H groups in total. The van der Waals surface area contributed by atoms with E-state index in [4.69, 9.17) is 16.7 Å². The topological polar surface area (TPSA) is 66.0 Å². The van der Waals surface area contributed by atoms with E-state index in [-0.39, 0.29) is 0 Å². The van der Waals surface area contributed by atoms with Gasteiger partial charge in [0.15, 0.2) is 0 Å². The lowest BCUT2D eigenvalue weighted by molar-refractivity contribution is -0.131. The number of fused-ring (bicyclic) bond motifs is 1. The molecule has 82 valence electrons. The van der Waals surface area contributed by atoms with Crippen molar-refractivity contribution in [1.82, 2.24) is 9.97 Å². The molecule has 1 aromatic heterocycles. The maximum absolute atomic E-state index is 10.4. The van der Waals surface area contributed by atoms with Gasteiger partial charge in [-0.25, -0.2) is 9.78 Å². The molecule has 1 heterocycles. The molecular weight excluding hydrogens is 228 g/mol. The monoisotopic (exact) mass is 236 g/mol. The smallest absolute Gasteiger partial charge is 0.328 e. The van der Waals surface area contributed by atoms with Crippen molar-refractivity contribution >= 4 is 34.7 Å². The predicted octanol–water partition coefficient (Wildman–Crippen LogP) is 2.40. The van der Waals surface area contributed by atoms with Gasteiger partial charge in [0.05, 0.1) is 17.4 Å². The van der Waals surface area contributed by atoms with E-state index in [1.54, 1.807) is 6.33 Å². The molecule has 1 aromatic carbocycles. The summed E-state index contributed by atoms with van der Waals surface area (Å²) in [6, 6.07) is 3.66. The number of aromatic nitrogens is 2. The molecule has 4 nitrogen and oxygen atoms in total. The SMILES string of the molecule is O=C(O)/C=C/c1ccc(CCl)c2nc[nH]c12. The second-order valence-corrected chi connectivity index (χ2v) is 3.51. The van der Waals surface area contributed by atoms with Gasteiger partial charge in [-0.2, -0.15) is 0 Å². The third kappa shape index (κ3) is 1.92. The van der Waals surface area contributed by atoms with Crippen LogP contribution in [0.3, 0.4) is 0 Å². The summed E-state index contributed by atoms with van der Waals surface area (Å²) in [7, 11) is 0. The lowest BCUT2D eigenvalue weighted by Crippen LogP contribution is -1.88. The van der Waals surface area contributed by atoms with E-state index in [9.17, 15) is 4.79 Å². The van der Waals surface area contributed by atoms with Crippen LogP contribution in [0, 0.1) is 0 Å².